The molecule has 0 spiro atoms. The Morgan fingerprint density at radius 1 is 0.933 bits per heavy atom. The summed E-state index contributed by atoms with van der Waals surface area (Å²) in [5, 5.41) is 10.7. The molecule has 0 amide bonds. The van der Waals surface area contributed by atoms with Gasteiger partial charge in [-0.1, -0.05) is 64.7 Å². The van der Waals surface area contributed by atoms with Crippen LogP contribution >= 0.6 is 0 Å². The van der Waals surface area contributed by atoms with Crippen LogP contribution < -0.4 is 4.74 Å². The minimum absolute atomic E-state index is 0.0605. The van der Waals surface area contributed by atoms with E-state index in [-0.39, 0.29) is 17.5 Å². The number of ether oxygens (including phenoxy) is 3. The SMILES string of the molecule is CCCCCCCCCCCCC(CCOC)OC(=O)Oc1ccc([N+](=O)[O-])cc1. The summed E-state index contributed by atoms with van der Waals surface area (Å²) in [4.78, 5) is 22.2. The molecule has 1 atom stereocenters. The Morgan fingerprint density at radius 2 is 1.50 bits per heavy atom. The zero-order valence-corrected chi connectivity index (χ0v) is 18.5. The van der Waals surface area contributed by atoms with Crippen molar-refractivity contribution in [3.05, 3.63) is 34.4 Å². The highest BCUT2D eigenvalue weighted by molar-refractivity contribution is 5.64. The van der Waals surface area contributed by atoms with Gasteiger partial charge in [0.25, 0.3) is 5.69 Å². The van der Waals surface area contributed by atoms with Crippen LogP contribution in [0.15, 0.2) is 24.3 Å². The zero-order chi connectivity index (χ0) is 22.0. The zero-order valence-electron chi connectivity index (χ0n) is 18.5. The fraction of sp³-hybridized carbons (Fsp3) is 0.696. The van der Waals surface area contributed by atoms with Crippen molar-refractivity contribution in [1.29, 1.82) is 0 Å². The van der Waals surface area contributed by atoms with E-state index in [1.165, 1.54) is 75.6 Å². The molecule has 0 aromatic heterocycles. The monoisotopic (exact) mass is 423 g/mol. The molecule has 0 aliphatic heterocycles. The summed E-state index contributed by atoms with van der Waals surface area (Å²) < 4.78 is 15.7. The molecule has 0 heterocycles. The number of nitro benzene ring substituents is 1. The van der Waals surface area contributed by atoms with Crippen molar-refractivity contribution in [1.82, 2.24) is 0 Å². The van der Waals surface area contributed by atoms with E-state index in [1.807, 2.05) is 0 Å². The first-order valence-corrected chi connectivity index (χ1v) is 11.2. The molecule has 0 bridgehead atoms. The van der Waals surface area contributed by atoms with Crippen LogP contribution in [0.25, 0.3) is 0 Å². The highest BCUT2D eigenvalue weighted by Crippen LogP contribution is 2.19. The fourth-order valence-corrected chi connectivity index (χ4v) is 3.26. The Kier molecular flexibility index (Phi) is 14.3. The normalized spacial score (nSPS) is 11.8. The van der Waals surface area contributed by atoms with E-state index in [4.69, 9.17) is 14.2 Å². The maximum absolute atomic E-state index is 12.1. The summed E-state index contributed by atoms with van der Waals surface area (Å²) in [6.45, 7) is 2.74. The second-order valence-electron chi connectivity index (χ2n) is 7.60. The number of carbonyl (C=O) groups is 1. The molecular formula is C23H37NO6. The molecule has 0 N–H and O–H groups in total. The maximum atomic E-state index is 12.1. The molecule has 0 aliphatic rings. The van der Waals surface area contributed by atoms with Crippen LogP contribution in [-0.2, 0) is 9.47 Å². The summed E-state index contributed by atoms with van der Waals surface area (Å²) in [6, 6.07) is 5.33. The molecule has 1 aromatic rings. The predicted octanol–water partition coefficient (Wildman–Crippen LogP) is 6.83. The molecule has 1 rings (SSSR count). The highest BCUT2D eigenvalue weighted by Gasteiger charge is 2.16. The number of nitro groups is 1. The minimum Gasteiger partial charge on any atom is -0.431 e. The van der Waals surface area contributed by atoms with Crippen LogP contribution in [0.3, 0.4) is 0 Å². The van der Waals surface area contributed by atoms with Gasteiger partial charge in [-0.05, 0) is 25.0 Å². The first kappa shape index (κ1) is 25.9. The van der Waals surface area contributed by atoms with Crippen LogP contribution in [0.2, 0.25) is 0 Å². The number of hydrogen-bond donors (Lipinski definition) is 0. The van der Waals surface area contributed by atoms with Gasteiger partial charge in [-0.3, -0.25) is 10.1 Å². The topological polar surface area (TPSA) is 87.9 Å². The van der Waals surface area contributed by atoms with Crippen molar-refractivity contribution in [2.45, 2.75) is 90.1 Å². The van der Waals surface area contributed by atoms with E-state index in [2.05, 4.69) is 6.92 Å². The van der Waals surface area contributed by atoms with Crippen molar-refractivity contribution in [2.24, 2.45) is 0 Å². The van der Waals surface area contributed by atoms with Crippen molar-refractivity contribution >= 4 is 11.8 Å². The van der Waals surface area contributed by atoms with Gasteiger partial charge in [0, 0.05) is 32.3 Å². The molecule has 0 aliphatic carbocycles. The van der Waals surface area contributed by atoms with Crippen molar-refractivity contribution < 1.29 is 23.9 Å². The van der Waals surface area contributed by atoms with Crippen molar-refractivity contribution in [3.63, 3.8) is 0 Å². The van der Waals surface area contributed by atoms with Gasteiger partial charge in [0.05, 0.1) is 4.92 Å². The number of methoxy groups -OCH3 is 1. The summed E-state index contributed by atoms with van der Waals surface area (Å²) in [5.74, 6) is 0.218. The van der Waals surface area contributed by atoms with Gasteiger partial charge in [-0.2, -0.15) is 0 Å². The predicted molar refractivity (Wildman–Crippen MR) is 117 cm³/mol. The molecule has 0 fully saturated rings. The molecule has 170 valence electrons. The minimum atomic E-state index is -0.794. The molecule has 0 radical (unpaired) electrons. The number of carbonyl (C=O) groups excluding carboxylic acids is 1. The average Bonchev–Trinajstić information content (AvgIpc) is 2.73. The van der Waals surface area contributed by atoms with E-state index in [0.717, 1.165) is 19.3 Å². The molecule has 7 nitrogen and oxygen atoms in total. The van der Waals surface area contributed by atoms with E-state index >= 15 is 0 Å². The van der Waals surface area contributed by atoms with Gasteiger partial charge in [0.1, 0.15) is 11.9 Å². The van der Waals surface area contributed by atoms with Crippen LogP contribution in [-0.4, -0.2) is 30.9 Å². The number of nitrogens with zero attached hydrogens (tertiary/aromatic N) is 1. The molecule has 1 unspecified atom stereocenters. The second-order valence-corrected chi connectivity index (χ2v) is 7.60. The molecular weight excluding hydrogens is 386 g/mol. The quantitative estimate of drug-likeness (QED) is 0.0897. The number of non-ortho nitro benzene ring substituents is 1. The molecule has 1 aromatic carbocycles. The Hall–Kier alpha value is -2.15. The maximum Gasteiger partial charge on any atom is 0.514 e. The Morgan fingerprint density at radius 3 is 2.03 bits per heavy atom. The lowest BCUT2D eigenvalue weighted by molar-refractivity contribution is -0.384. The molecule has 7 heteroatoms. The van der Waals surface area contributed by atoms with Crippen molar-refractivity contribution in [3.8, 4) is 5.75 Å². The van der Waals surface area contributed by atoms with Crippen molar-refractivity contribution in [2.75, 3.05) is 13.7 Å². The third-order valence-electron chi connectivity index (χ3n) is 5.04. The first-order valence-electron chi connectivity index (χ1n) is 11.2. The van der Waals surface area contributed by atoms with Crippen LogP contribution in [0.4, 0.5) is 10.5 Å². The van der Waals surface area contributed by atoms with E-state index in [0.29, 0.717) is 13.0 Å². The summed E-state index contributed by atoms with van der Waals surface area (Å²) in [5.41, 5.74) is -0.0605. The Balaban J connectivity index is 2.26. The summed E-state index contributed by atoms with van der Waals surface area (Å²) in [6.07, 6.45) is 12.9. The lowest BCUT2D eigenvalue weighted by Crippen LogP contribution is -2.22. The van der Waals surface area contributed by atoms with E-state index in [9.17, 15) is 14.9 Å². The Bertz CT molecular complexity index is 590. The number of benzene rings is 1. The number of hydrogen-bond acceptors (Lipinski definition) is 6. The standard InChI is InChI=1S/C23H37NO6/c1-3-4-5-6-7-8-9-10-11-12-13-21(18-19-28-2)29-23(25)30-22-16-14-20(15-17-22)24(26)27/h14-17,21H,3-13,18-19H2,1-2H3. The van der Waals surface area contributed by atoms with Gasteiger partial charge in [0.15, 0.2) is 0 Å². The lowest BCUT2D eigenvalue weighted by atomic mass is 10.0. The first-order chi connectivity index (χ1) is 14.6. The Labute approximate surface area is 180 Å². The summed E-state index contributed by atoms with van der Waals surface area (Å²) >= 11 is 0. The highest BCUT2D eigenvalue weighted by atomic mass is 16.7. The van der Waals surface area contributed by atoms with Crippen LogP contribution in [0.5, 0.6) is 5.75 Å². The van der Waals surface area contributed by atoms with Crippen LogP contribution in [0.1, 0.15) is 84.0 Å². The lowest BCUT2D eigenvalue weighted by Gasteiger charge is -2.17. The van der Waals surface area contributed by atoms with E-state index < -0.39 is 11.1 Å². The third-order valence-corrected chi connectivity index (χ3v) is 5.04. The van der Waals surface area contributed by atoms with E-state index in [1.54, 1.807) is 7.11 Å². The largest absolute Gasteiger partial charge is 0.514 e. The number of unbranched alkanes of at least 4 members (excludes halogenated alkanes) is 9. The van der Waals surface area contributed by atoms with Gasteiger partial charge in [-0.25, -0.2) is 4.79 Å². The van der Waals surface area contributed by atoms with Gasteiger partial charge >= 0.3 is 6.16 Å². The third kappa shape index (κ3) is 12.4. The molecule has 0 saturated heterocycles. The number of rotatable bonds is 17. The second kappa shape index (κ2) is 16.6. The molecule has 30 heavy (non-hydrogen) atoms. The molecule has 0 saturated carbocycles. The van der Waals surface area contributed by atoms with Crippen LogP contribution in [0, 0.1) is 10.1 Å². The summed E-state index contributed by atoms with van der Waals surface area (Å²) in [7, 11) is 1.62. The van der Waals surface area contributed by atoms with Gasteiger partial charge < -0.3 is 14.2 Å². The van der Waals surface area contributed by atoms with Gasteiger partial charge in [-0.15, -0.1) is 0 Å². The average molecular weight is 424 g/mol. The fourth-order valence-electron chi connectivity index (χ4n) is 3.26. The smallest absolute Gasteiger partial charge is 0.431 e. The van der Waals surface area contributed by atoms with Gasteiger partial charge in [0.2, 0.25) is 0 Å².